The summed E-state index contributed by atoms with van der Waals surface area (Å²) in [6.45, 7) is 18.4. The Morgan fingerprint density at radius 3 is 1.54 bits per heavy atom. The minimum absolute atomic E-state index is 0.116. The normalized spacial score (nSPS) is 15.7. The lowest BCUT2D eigenvalue weighted by atomic mass is 10.1. The first-order valence-corrected chi connectivity index (χ1v) is 21.6. The number of nitrogens with zero attached hydrogens (tertiary/aromatic N) is 6. The highest BCUT2D eigenvalue weighted by Gasteiger charge is 2.20. The summed E-state index contributed by atoms with van der Waals surface area (Å²) in [5.74, 6) is 0.534. The Morgan fingerprint density at radius 1 is 0.672 bits per heavy atom. The molecule has 2 saturated heterocycles. The third-order valence-electron chi connectivity index (χ3n) is 10.7. The molecule has 4 aromatic carbocycles. The maximum absolute atomic E-state index is 13.5. The van der Waals surface area contributed by atoms with E-state index in [0.717, 1.165) is 89.9 Å². The van der Waals surface area contributed by atoms with Gasteiger partial charge >= 0.3 is 0 Å². The molecule has 2 fully saturated rings. The SMILES string of the molecule is Cc1cccc2nc(C(C)Br)n(-c3ccc(F)cc3)c(=O)c12.Cc1cccc2nc(C(C)NCCN3CCOCC3)n(-c3ccc(F)cc3)c(=O)c12.NCCN1CCOCC1. The van der Waals surface area contributed by atoms with Crippen LogP contribution in [-0.4, -0.2) is 108 Å². The van der Waals surface area contributed by atoms with Crippen molar-refractivity contribution in [1.29, 1.82) is 0 Å². The van der Waals surface area contributed by atoms with Gasteiger partial charge in [-0.1, -0.05) is 40.2 Å². The van der Waals surface area contributed by atoms with Crippen molar-refractivity contribution in [3.05, 3.63) is 140 Å². The fraction of sp³-hybridized carbons (Fsp3) is 0.391. The van der Waals surface area contributed by atoms with Crippen LogP contribution in [0.4, 0.5) is 8.78 Å². The van der Waals surface area contributed by atoms with Crippen LogP contribution < -0.4 is 22.2 Å². The number of aryl methyl sites for hydroxylation is 2. The lowest BCUT2D eigenvalue weighted by Gasteiger charge is -2.27. The third kappa shape index (κ3) is 11.6. The van der Waals surface area contributed by atoms with E-state index in [1.165, 1.54) is 28.8 Å². The van der Waals surface area contributed by atoms with Gasteiger partial charge in [-0.15, -0.1) is 0 Å². The molecule has 61 heavy (non-hydrogen) atoms. The first-order chi connectivity index (χ1) is 29.5. The van der Waals surface area contributed by atoms with Crippen LogP contribution in [0.25, 0.3) is 33.2 Å². The molecule has 15 heteroatoms. The van der Waals surface area contributed by atoms with E-state index in [0.29, 0.717) is 44.8 Å². The quantitative estimate of drug-likeness (QED) is 0.149. The van der Waals surface area contributed by atoms with E-state index in [2.05, 4.69) is 36.0 Å². The number of nitrogens with one attached hydrogen (secondary N) is 1. The zero-order valence-corrected chi connectivity index (χ0v) is 36.8. The maximum Gasteiger partial charge on any atom is 0.266 e. The van der Waals surface area contributed by atoms with E-state index < -0.39 is 0 Å². The molecule has 0 spiro atoms. The number of halogens is 3. The Hall–Kier alpha value is -4.74. The Balaban J connectivity index is 0.000000175. The Morgan fingerprint density at radius 2 is 1.10 bits per heavy atom. The van der Waals surface area contributed by atoms with Crippen molar-refractivity contribution < 1.29 is 18.3 Å². The van der Waals surface area contributed by atoms with Crippen molar-refractivity contribution >= 4 is 37.7 Å². The average Bonchev–Trinajstić information content (AvgIpc) is 3.25. The topological polar surface area (TPSA) is 133 Å². The minimum Gasteiger partial charge on any atom is -0.379 e. The predicted octanol–water partition coefficient (Wildman–Crippen LogP) is 6.38. The van der Waals surface area contributed by atoms with Crippen LogP contribution in [0.2, 0.25) is 0 Å². The number of fused-ring (bicyclic) bond motifs is 2. The highest BCUT2D eigenvalue weighted by molar-refractivity contribution is 9.09. The molecule has 12 nitrogen and oxygen atoms in total. The summed E-state index contributed by atoms with van der Waals surface area (Å²) in [4.78, 5) is 40.4. The highest BCUT2D eigenvalue weighted by atomic mass is 79.9. The summed E-state index contributed by atoms with van der Waals surface area (Å²) >= 11 is 3.49. The number of alkyl halides is 1. The van der Waals surface area contributed by atoms with Gasteiger partial charge in [0.15, 0.2) is 0 Å². The van der Waals surface area contributed by atoms with Crippen molar-refractivity contribution in [3.8, 4) is 11.4 Å². The fourth-order valence-corrected chi connectivity index (χ4v) is 7.73. The molecule has 324 valence electrons. The lowest BCUT2D eigenvalue weighted by Crippen LogP contribution is -2.41. The van der Waals surface area contributed by atoms with Gasteiger partial charge in [0.2, 0.25) is 0 Å². The molecule has 4 heterocycles. The van der Waals surface area contributed by atoms with Gasteiger partial charge in [0, 0.05) is 52.4 Å². The van der Waals surface area contributed by atoms with Gasteiger partial charge in [0.1, 0.15) is 23.3 Å². The van der Waals surface area contributed by atoms with E-state index in [1.807, 2.05) is 64.1 Å². The number of nitrogens with two attached hydrogens (primary N) is 1. The van der Waals surface area contributed by atoms with E-state index >= 15 is 0 Å². The number of aromatic nitrogens is 4. The molecule has 3 N–H and O–H groups in total. The standard InChI is InChI=1S/C23H27FN4O2.C17H14BrFN2O.C6H14N2O/c1-16-4-3-5-20-21(16)23(29)28(19-8-6-18(24)7-9-19)22(26-20)17(2)25-10-11-27-12-14-30-15-13-27;1-10-4-3-5-14-15(10)17(22)21(16(20-14)11(2)18)13-8-6-12(19)7-9-13;7-1-2-8-3-5-9-6-4-8/h3-9,17,25H,10-15H2,1-2H3;3-9,11H,1-2H3;1-7H2. The molecule has 2 aromatic heterocycles. The van der Waals surface area contributed by atoms with Gasteiger partial charge in [0.25, 0.3) is 11.1 Å². The molecular formula is C46H55BrF2N8O4. The van der Waals surface area contributed by atoms with Gasteiger partial charge in [0.05, 0.1) is 70.5 Å². The van der Waals surface area contributed by atoms with Crippen LogP contribution in [-0.2, 0) is 9.47 Å². The summed E-state index contributed by atoms with van der Waals surface area (Å²) in [7, 11) is 0. The van der Waals surface area contributed by atoms with Crippen molar-refractivity contribution in [3.63, 3.8) is 0 Å². The largest absolute Gasteiger partial charge is 0.379 e. The minimum atomic E-state index is -0.338. The second-order valence-electron chi connectivity index (χ2n) is 15.1. The predicted molar refractivity (Wildman–Crippen MR) is 241 cm³/mol. The molecule has 0 radical (unpaired) electrons. The van der Waals surface area contributed by atoms with Gasteiger partial charge in [-0.2, -0.15) is 0 Å². The van der Waals surface area contributed by atoms with Crippen LogP contribution in [0.3, 0.4) is 0 Å². The number of hydrogen-bond acceptors (Lipinski definition) is 10. The van der Waals surface area contributed by atoms with Gasteiger partial charge in [-0.05, 0) is 99.5 Å². The first-order valence-electron chi connectivity index (χ1n) is 20.7. The molecule has 2 aliphatic rings. The van der Waals surface area contributed by atoms with Crippen LogP contribution in [0.1, 0.15) is 47.5 Å². The smallest absolute Gasteiger partial charge is 0.266 e. The average molecular weight is 902 g/mol. The number of rotatable bonds is 10. The Labute approximate surface area is 363 Å². The summed E-state index contributed by atoms with van der Waals surface area (Å²) in [5, 5.41) is 4.67. The van der Waals surface area contributed by atoms with Gasteiger partial charge in [-0.25, -0.2) is 18.7 Å². The summed E-state index contributed by atoms with van der Waals surface area (Å²) < 4.78 is 40.4. The van der Waals surface area contributed by atoms with Crippen molar-refractivity contribution in [2.24, 2.45) is 5.73 Å². The molecule has 8 rings (SSSR count). The van der Waals surface area contributed by atoms with E-state index in [1.54, 1.807) is 28.8 Å². The van der Waals surface area contributed by atoms with Gasteiger partial charge < -0.3 is 20.5 Å². The van der Waals surface area contributed by atoms with Crippen LogP contribution in [0.5, 0.6) is 0 Å². The molecule has 0 aliphatic carbocycles. The second-order valence-corrected chi connectivity index (χ2v) is 16.5. The number of ether oxygens (including phenoxy) is 2. The van der Waals surface area contributed by atoms with E-state index in [4.69, 9.17) is 20.2 Å². The van der Waals surface area contributed by atoms with Crippen molar-refractivity contribution in [2.45, 2.75) is 38.6 Å². The second kappa shape index (κ2) is 21.9. The molecular weight excluding hydrogens is 846 g/mol. The Kier molecular flexibility index (Phi) is 16.4. The number of benzene rings is 4. The van der Waals surface area contributed by atoms with Crippen LogP contribution >= 0.6 is 15.9 Å². The van der Waals surface area contributed by atoms with Crippen molar-refractivity contribution in [1.82, 2.24) is 34.2 Å². The maximum atomic E-state index is 13.5. The molecule has 2 aliphatic heterocycles. The first kappa shape index (κ1) is 45.8. The highest BCUT2D eigenvalue weighted by Crippen LogP contribution is 2.25. The molecule has 2 atom stereocenters. The number of morpholine rings is 2. The molecule has 0 saturated carbocycles. The summed E-state index contributed by atoms with van der Waals surface area (Å²) in [6.07, 6.45) is 0. The zero-order valence-electron chi connectivity index (χ0n) is 35.3. The van der Waals surface area contributed by atoms with E-state index in [-0.39, 0.29) is 33.6 Å². The monoisotopic (exact) mass is 900 g/mol. The van der Waals surface area contributed by atoms with E-state index in [9.17, 15) is 18.4 Å². The molecule has 0 bridgehead atoms. The van der Waals surface area contributed by atoms with Crippen LogP contribution in [0.15, 0.2) is 94.5 Å². The lowest BCUT2D eigenvalue weighted by molar-refractivity contribution is 0.0381. The van der Waals surface area contributed by atoms with Crippen molar-refractivity contribution in [2.75, 3.05) is 78.8 Å². The zero-order chi connectivity index (χ0) is 43.5. The van der Waals surface area contributed by atoms with Gasteiger partial charge in [-0.3, -0.25) is 28.5 Å². The Bertz CT molecular complexity index is 2480. The summed E-state index contributed by atoms with van der Waals surface area (Å²) in [6, 6.07) is 22.9. The molecule has 2 unspecified atom stereocenters. The number of hydrogen-bond donors (Lipinski definition) is 2. The fourth-order valence-electron chi connectivity index (χ4n) is 7.43. The third-order valence-corrected chi connectivity index (χ3v) is 11.1. The van der Waals surface area contributed by atoms with Crippen LogP contribution in [0, 0.1) is 25.5 Å². The summed E-state index contributed by atoms with van der Waals surface area (Å²) in [5.41, 5.74) is 9.40. The molecule has 6 aromatic rings. The molecule has 0 amide bonds.